The number of aliphatic hydroxyl groups is 3. The maximum atomic E-state index is 11.2. The van der Waals surface area contributed by atoms with E-state index in [2.05, 4.69) is 0 Å². The quantitative estimate of drug-likeness (QED) is 0.551. The van der Waals surface area contributed by atoms with Gasteiger partial charge in [0.25, 0.3) is 0 Å². The van der Waals surface area contributed by atoms with Crippen LogP contribution in [0.3, 0.4) is 0 Å². The van der Waals surface area contributed by atoms with Crippen LogP contribution in [0.25, 0.3) is 0 Å². The van der Waals surface area contributed by atoms with Crippen LogP contribution in [0.5, 0.6) is 0 Å². The van der Waals surface area contributed by atoms with Crippen LogP contribution in [0.2, 0.25) is 0 Å². The summed E-state index contributed by atoms with van der Waals surface area (Å²) in [6.07, 6.45) is -5.02. The van der Waals surface area contributed by atoms with Crippen molar-refractivity contribution >= 4 is 5.97 Å². The summed E-state index contributed by atoms with van der Waals surface area (Å²) in [5.41, 5.74) is 0. The van der Waals surface area contributed by atoms with E-state index in [0.717, 1.165) is 0 Å². The van der Waals surface area contributed by atoms with E-state index < -0.39 is 36.7 Å². The van der Waals surface area contributed by atoms with Gasteiger partial charge in [-0.05, 0) is 13.3 Å². The minimum Gasteiger partial charge on any atom is -0.456 e. The lowest BCUT2D eigenvalue weighted by atomic mass is 10.00. The van der Waals surface area contributed by atoms with Gasteiger partial charge in [0.1, 0.15) is 12.2 Å². The Labute approximate surface area is 93.8 Å². The normalized spacial score (nSPS) is 39.4. The molecule has 0 saturated carbocycles. The number of ether oxygens (including phenoxy) is 2. The predicted molar refractivity (Wildman–Crippen MR) is 53.4 cm³/mol. The standard InChI is InChI=1S/C10H18O6/c1-3-4-6(11)16-9-7(12)5(2)15-10(14)8(9)13/h5,7-10,12-14H,3-4H2,1-2H3/t5-,7+,8-,9+,10+/m0/s1. The molecule has 1 rings (SSSR count). The number of hydrogen-bond acceptors (Lipinski definition) is 6. The second kappa shape index (κ2) is 5.58. The van der Waals surface area contributed by atoms with Gasteiger partial charge in [0.05, 0.1) is 6.10 Å². The highest BCUT2D eigenvalue weighted by atomic mass is 16.6. The molecular formula is C10H18O6. The average Bonchev–Trinajstić information content (AvgIpc) is 2.22. The summed E-state index contributed by atoms with van der Waals surface area (Å²) in [7, 11) is 0. The Balaban J connectivity index is 2.63. The van der Waals surface area contributed by atoms with Gasteiger partial charge in [0, 0.05) is 6.42 Å². The van der Waals surface area contributed by atoms with Crippen molar-refractivity contribution < 1.29 is 29.6 Å². The zero-order valence-corrected chi connectivity index (χ0v) is 9.37. The highest BCUT2D eigenvalue weighted by Gasteiger charge is 2.44. The third kappa shape index (κ3) is 2.91. The summed E-state index contributed by atoms with van der Waals surface area (Å²) in [5, 5.41) is 28.5. The van der Waals surface area contributed by atoms with E-state index in [0.29, 0.717) is 6.42 Å². The third-order valence-corrected chi connectivity index (χ3v) is 2.52. The molecule has 0 aromatic carbocycles. The van der Waals surface area contributed by atoms with Crippen LogP contribution < -0.4 is 0 Å². The van der Waals surface area contributed by atoms with Gasteiger partial charge in [-0.15, -0.1) is 0 Å². The van der Waals surface area contributed by atoms with Crippen molar-refractivity contribution in [3.05, 3.63) is 0 Å². The molecule has 0 bridgehead atoms. The van der Waals surface area contributed by atoms with E-state index >= 15 is 0 Å². The van der Waals surface area contributed by atoms with Crippen LogP contribution in [-0.4, -0.2) is 52.0 Å². The molecule has 1 fully saturated rings. The molecule has 6 heteroatoms. The van der Waals surface area contributed by atoms with E-state index in [1.807, 2.05) is 6.92 Å². The van der Waals surface area contributed by atoms with Crippen LogP contribution in [0.4, 0.5) is 0 Å². The van der Waals surface area contributed by atoms with Gasteiger partial charge in [-0.2, -0.15) is 0 Å². The maximum absolute atomic E-state index is 11.2. The zero-order valence-electron chi connectivity index (χ0n) is 9.37. The molecule has 0 amide bonds. The Kier molecular flexibility index (Phi) is 4.67. The number of carbonyl (C=O) groups is 1. The molecule has 1 heterocycles. The van der Waals surface area contributed by atoms with Crippen LogP contribution in [-0.2, 0) is 14.3 Å². The molecular weight excluding hydrogens is 216 g/mol. The summed E-state index contributed by atoms with van der Waals surface area (Å²) >= 11 is 0. The minimum atomic E-state index is -1.45. The van der Waals surface area contributed by atoms with Gasteiger partial charge in [0.15, 0.2) is 12.4 Å². The number of esters is 1. The topological polar surface area (TPSA) is 96.2 Å². The summed E-state index contributed by atoms with van der Waals surface area (Å²) in [5.74, 6) is -0.507. The Morgan fingerprint density at radius 2 is 1.94 bits per heavy atom. The van der Waals surface area contributed by atoms with Crippen molar-refractivity contribution in [1.29, 1.82) is 0 Å². The molecule has 3 N–H and O–H groups in total. The summed E-state index contributed by atoms with van der Waals surface area (Å²) < 4.78 is 9.76. The highest BCUT2D eigenvalue weighted by molar-refractivity contribution is 5.69. The first kappa shape index (κ1) is 13.4. The molecule has 1 aliphatic rings. The maximum Gasteiger partial charge on any atom is 0.306 e. The summed E-state index contributed by atoms with van der Waals surface area (Å²) in [6, 6.07) is 0. The number of hydrogen-bond donors (Lipinski definition) is 3. The smallest absolute Gasteiger partial charge is 0.306 e. The SMILES string of the molecule is CCCC(=O)O[C@@H]1[C@H](O)[C@H](C)O[C@@H](O)[C@H]1O. The van der Waals surface area contributed by atoms with E-state index in [-0.39, 0.29) is 6.42 Å². The average molecular weight is 234 g/mol. The van der Waals surface area contributed by atoms with Gasteiger partial charge in [0.2, 0.25) is 0 Å². The molecule has 0 spiro atoms. The second-order valence-corrected chi connectivity index (χ2v) is 3.92. The fraction of sp³-hybridized carbons (Fsp3) is 0.900. The van der Waals surface area contributed by atoms with E-state index in [1.165, 1.54) is 6.92 Å². The van der Waals surface area contributed by atoms with Gasteiger partial charge in [-0.1, -0.05) is 6.92 Å². The zero-order chi connectivity index (χ0) is 12.3. The minimum absolute atomic E-state index is 0.210. The monoisotopic (exact) mass is 234 g/mol. The van der Waals surface area contributed by atoms with Gasteiger partial charge in [-0.25, -0.2) is 0 Å². The molecule has 0 aromatic heterocycles. The third-order valence-electron chi connectivity index (χ3n) is 2.52. The van der Waals surface area contributed by atoms with Crippen molar-refractivity contribution in [2.45, 2.75) is 57.4 Å². The van der Waals surface area contributed by atoms with Crippen LogP contribution in [0.1, 0.15) is 26.7 Å². The first-order valence-corrected chi connectivity index (χ1v) is 5.36. The van der Waals surface area contributed by atoms with Crippen molar-refractivity contribution in [2.24, 2.45) is 0 Å². The molecule has 1 aliphatic heterocycles. The molecule has 1 saturated heterocycles. The number of rotatable bonds is 3. The van der Waals surface area contributed by atoms with E-state index in [4.69, 9.17) is 9.47 Å². The number of aliphatic hydroxyl groups excluding tert-OH is 3. The fourth-order valence-corrected chi connectivity index (χ4v) is 1.57. The molecule has 0 unspecified atom stereocenters. The van der Waals surface area contributed by atoms with Crippen molar-refractivity contribution in [2.75, 3.05) is 0 Å². The van der Waals surface area contributed by atoms with Crippen LogP contribution in [0, 0.1) is 0 Å². The van der Waals surface area contributed by atoms with Crippen molar-refractivity contribution in [3.63, 3.8) is 0 Å². The molecule has 0 aliphatic carbocycles. The Morgan fingerprint density at radius 1 is 1.31 bits per heavy atom. The Bertz CT molecular complexity index is 229. The van der Waals surface area contributed by atoms with Gasteiger partial charge in [-0.3, -0.25) is 4.79 Å². The summed E-state index contributed by atoms with van der Waals surface area (Å²) in [6.45, 7) is 3.34. The summed E-state index contributed by atoms with van der Waals surface area (Å²) in [4.78, 5) is 11.2. The first-order valence-electron chi connectivity index (χ1n) is 5.36. The lowest BCUT2D eigenvalue weighted by molar-refractivity contribution is -0.281. The highest BCUT2D eigenvalue weighted by Crippen LogP contribution is 2.22. The molecule has 5 atom stereocenters. The fourth-order valence-electron chi connectivity index (χ4n) is 1.57. The lowest BCUT2D eigenvalue weighted by Crippen LogP contribution is -2.58. The molecule has 94 valence electrons. The van der Waals surface area contributed by atoms with Crippen molar-refractivity contribution in [1.82, 2.24) is 0 Å². The largest absolute Gasteiger partial charge is 0.456 e. The molecule has 0 aromatic rings. The van der Waals surface area contributed by atoms with E-state index in [1.54, 1.807) is 0 Å². The molecule has 0 radical (unpaired) electrons. The number of carbonyl (C=O) groups excluding carboxylic acids is 1. The van der Waals surface area contributed by atoms with Gasteiger partial charge < -0.3 is 24.8 Å². The molecule has 16 heavy (non-hydrogen) atoms. The predicted octanol–water partition coefficient (Wildman–Crippen LogP) is -0.843. The van der Waals surface area contributed by atoms with Crippen LogP contribution in [0.15, 0.2) is 0 Å². The molecule has 6 nitrogen and oxygen atoms in total. The first-order chi connectivity index (χ1) is 7.47. The lowest BCUT2D eigenvalue weighted by Gasteiger charge is -2.38. The Hall–Kier alpha value is -0.690. The second-order valence-electron chi connectivity index (χ2n) is 3.92. The van der Waals surface area contributed by atoms with Crippen molar-refractivity contribution in [3.8, 4) is 0 Å². The van der Waals surface area contributed by atoms with Gasteiger partial charge >= 0.3 is 5.97 Å². The van der Waals surface area contributed by atoms with E-state index in [9.17, 15) is 20.1 Å². The van der Waals surface area contributed by atoms with Crippen LogP contribution >= 0.6 is 0 Å². The Morgan fingerprint density at radius 3 is 2.50 bits per heavy atom.